The van der Waals surface area contributed by atoms with Crippen molar-refractivity contribution in [2.45, 2.75) is 0 Å². The largest absolute Gasteiger partial charge is 0.310 e. The van der Waals surface area contributed by atoms with Gasteiger partial charge in [-0.3, -0.25) is 0 Å². The second-order valence-corrected chi connectivity index (χ2v) is 11.9. The molecule has 0 saturated carbocycles. The molecule has 0 aliphatic heterocycles. The summed E-state index contributed by atoms with van der Waals surface area (Å²) in [4.78, 5) is 4.20. The molecular weight excluding hydrogens is 613 g/mol. The molecule has 0 atom stereocenters. The molecule has 0 unspecified atom stereocenters. The molecule has 8 rings (SSSR count). The Balaban J connectivity index is 1.42. The molecule has 0 radical (unpaired) electrons. The number of hydrogen-bond acceptors (Lipinski definition) is 6. The van der Waals surface area contributed by atoms with Gasteiger partial charge in [0.2, 0.25) is 0 Å². The minimum Gasteiger partial charge on any atom is -0.310 e. The molecule has 0 bridgehead atoms. The third-order valence-electron chi connectivity index (χ3n) is 9.03. The first kappa shape index (κ1) is 29.7. The Morgan fingerprint density at radius 2 is 0.640 bits per heavy atom. The Morgan fingerprint density at radius 1 is 0.340 bits per heavy atom. The molecule has 0 N–H and O–H groups in total. The second-order valence-electron chi connectivity index (χ2n) is 11.9. The van der Waals surface area contributed by atoms with Gasteiger partial charge in [-0.2, -0.15) is 21.0 Å². The van der Waals surface area contributed by atoms with Crippen LogP contribution in [-0.4, -0.2) is 0 Å². The van der Waals surface area contributed by atoms with Gasteiger partial charge in [0.15, 0.2) is 0 Å². The summed E-state index contributed by atoms with van der Waals surface area (Å²) in [6.45, 7) is 0. The molecule has 0 aliphatic rings. The van der Waals surface area contributed by atoms with Crippen molar-refractivity contribution in [3.63, 3.8) is 0 Å². The lowest BCUT2D eigenvalue weighted by atomic mass is 9.91. The molecule has 0 aromatic heterocycles. The zero-order chi connectivity index (χ0) is 34.2. The summed E-state index contributed by atoms with van der Waals surface area (Å²) in [5, 5.41) is 45.4. The zero-order valence-electron chi connectivity index (χ0n) is 26.5. The molecule has 6 heteroatoms. The summed E-state index contributed by atoms with van der Waals surface area (Å²) in [6.07, 6.45) is 0. The summed E-state index contributed by atoms with van der Waals surface area (Å²) in [6, 6.07) is 55.9. The Morgan fingerprint density at radius 3 is 0.940 bits per heavy atom. The highest BCUT2D eigenvalue weighted by molar-refractivity contribution is 6.28. The lowest BCUT2D eigenvalue weighted by molar-refractivity contribution is 1.29. The van der Waals surface area contributed by atoms with Crippen LogP contribution in [0.2, 0.25) is 0 Å². The number of nitrogens with zero attached hydrogens (tertiary/aromatic N) is 6. The molecule has 8 aromatic rings. The van der Waals surface area contributed by atoms with E-state index in [0.717, 1.165) is 66.4 Å². The van der Waals surface area contributed by atoms with Crippen molar-refractivity contribution in [3.05, 3.63) is 168 Å². The average molecular weight is 637 g/mol. The number of hydrogen-bond donors (Lipinski definition) is 0. The number of nitriles is 4. The summed E-state index contributed by atoms with van der Waals surface area (Å²) in [5.74, 6) is 0. The quantitative estimate of drug-likeness (QED) is 0.168. The third-order valence-corrected chi connectivity index (χ3v) is 9.03. The predicted molar refractivity (Wildman–Crippen MR) is 198 cm³/mol. The molecule has 0 aliphatic carbocycles. The molecule has 0 heterocycles. The number of anilines is 6. The van der Waals surface area contributed by atoms with Gasteiger partial charge in [0.25, 0.3) is 0 Å². The highest BCUT2D eigenvalue weighted by Gasteiger charge is 2.22. The van der Waals surface area contributed by atoms with E-state index in [0.29, 0.717) is 22.3 Å². The van der Waals surface area contributed by atoms with Gasteiger partial charge in [-0.25, -0.2) is 0 Å². The van der Waals surface area contributed by atoms with E-state index >= 15 is 0 Å². The van der Waals surface area contributed by atoms with E-state index in [2.05, 4.69) is 82.6 Å². The fraction of sp³-hybridized carbons (Fsp3) is 0. The monoisotopic (exact) mass is 636 g/mol. The van der Waals surface area contributed by atoms with Gasteiger partial charge < -0.3 is 9.80 Å². The molecule has 230 valence electrons. The van der Waals surface area contributed by atoms with Crippen molar-refractivity contribution in [1.29, 1.82) is 21.0 Å². The lowest BCUT2D eigenvalue weighted by Gasteiger charge is -2.29. The summed E-state index contributed by atoms with van der Waals surface area (Å²) < 4.78 is 0. The maximum absolute atomic E-state index is 9.77. The third kappa shape index (κ3) is 4.95. The molecule has 8 aromatic carbocycles. The summed E-state index contributed by atoms with van der Waals surface area (Å²) >= 11 is 0. The van der Waals surface area contributed by atoms with Crippen molar-refractivity contribution in [3.8, 4) is 24.3 Å². The van der Waals surface area contributed by atoms with Gasteiger partial charge >= 0.3 is 0 Å². The van der Waals surface area contributed by atoms with Crippen LogP contribution in [0, 0.1) is 45.3 Å². The first-order valence-electron chi connectivity index (χ1n) is 15.9. The molecular formula is C44H24N6. The van der Waals surface area contributed by atoms with Crippen LogP contribution in [0.3, 0.4) is 0 Å². The Bertz CT molecular complexity index is 2480. The Kier molecular flexibility index (Phi) is 7.25. The zero-order valence-corrected chi connectivity index (χ0v) is 26.5. The van der Waals surface area contributed by atoms with Gasteiger partial charge in [-0.05, 0) is 106 Å². The lowest BCUT2D eigenvalue weighted by Crippen LogP contribution is -2.12. The first-order valence-corrected chi connectivity index (χ1v) is 15.9. The van der Waals surface area contributed by atoms with E-state index < -0.39 is 0 Å². The van der Waals surface area contributed by atoms with Crippen molar-refractivity contribution >= 4 is 66.4 Å². The molecule has 0 amide bonds. The highest BCUT2D eigenvalue weighted by Crippen LogP contribution is 2.47. The van der Waals surface area contributed by atoms with E-state index in [9.17, 15) is 21.0 Å². The average Bonchev–Trinajstić information content (AvgIpc) is 3.18. The summed E-state index contributed by atoms with van der Waals surface area (Å²) in [7, 11) is 0. The number of benzene rings is 8. The first-order chi connectivity index (χ1) is 24.6. The van der Waals surface area contributed by atoms with Gasteiger partial charge in [0.1, 0.15) is 0 Å². The minimum absolute atomic E-state index is 0.535. The molecule has 6 nitrogen and oxygen atoms in total. The van der Waals surface area contributed by atoms with E-state index in [-0.39, 0.29) is 0 Å². The van der Waals surface area contributed by atoms with Gasteiger partial charge in [0, 0.05) is 33.5 Å². The van der Waals surface area contributed by atoms with Crippen molar-refractivity contribution in [2.24, 2.45) is 0 Å². The predicted octanol–water partition coefficient (Wildman–Crippen LogP) is 11.0. The fourth-order valence-corrected chi connectivity index (χ4v) is 6.87. The van der Waals surface area contributed by atoms with Crippen LogP contribution < -0.4 is 9.80 Å². The molecule has 0 spiro atoms. The molecule has 0 fully saturated rings. The van der Waals surface area contributed by atoms with Gasteiger partial charge in [-0.15, -0.1) is 0 Å². The Hall–Kier alpha value is -7.64. The number of rotatable bonds is 6. The molecule has 0 saturated heterocycles. The van der Waals surface area contributed by atoms with Crippen molar-refractivity contribution in [1.82, 2.24) is 0 Å². The minimum atomic E-state index is 0.535. The normalized spacial score (nSPS) is 10.7. The smallest absolute Gasteiger partial charge is 0.0992 e. The topological polar surface area (TPSA) is 102 Å². The van der Waals surface area contributed by atoms with Gasteiger partial charge in [0.05, 0.1) is 57.9 Å². The Labute approximate surface area is 288 Å². The SMILES string of the molecule is N#Cc1cccc(N(c2cccc(C#N)c2)c2ccc3ccc4c(N(c5cccc(C#N)c5)c5cccc(C#N)c5)ccc5ccc2c3c54)c1. The van der Waals surface area contributed by atoms with Crippen LogP contribution in [0.4, 0.5) is 34.1 Å². The van der Waals surface area contributed by atoms with Gasteiger partial charge in [-0.1, -0.05) is 60.7 Å². The van der Waals surface area contributed by atoms with Crippen LogP contribution in [-0.2, 0) is 0 Å². The maximum atomic E-state index is 9.77. The van der Waals surface area contributed by atoms with E-state index in [1.807, 2.05) is 72.8 Å². The second kappa shape index (κ2) is 12.2. The van der Waals surface area contributed by atoms with Crippen LogP contribution in [0.25, 0.3) is 32.3 Å². The van der Waals surface area contributed by atoms with Crippen LogP contribution in [0.5, 0.6) is 0 Å². The van der Waals surface area contributed by atoms with Crippen LogP contribution in [0.15, 0.2) is 146 Å². The standard InChI is InChI=1S/C44H24N6/c45-25-29-5-1-9-35(21-29)49(36-10-2-6-30(22-36)26-46)41-19-15-33-14-18-40-42(20-16-34-13-17-39(41)43(33)44(34)40)50(37-11-3-7-31(23-37)27-47)38-12-4-8-32(24-38)28-48/h1-24H. The van der Waals surface area contributed by atoms with Crippen LogP contribution in [0.1, 0.15) is 22.3 Å². The van der Waals surface area contributed by atoms with E-state index in [1.54, 1.807) is 24.3 Å². The van der Waals surface area contributed by atoms with E-state index in [1.165, 1.54) is 0 Å². The maximum Gasteiger partial charge on any atom is 0.0992 e. The molecule has 50 heavy (non-hydrogen) atoms. The van der Waals surface area contributed by atoms with Crippen molar-refractivity contribution < 1.29 is 0 Å². The van der Waals surface area contributed by atoms with E-state index in [4.69, 9.17) is 0 Å². The highest BCUT2D eigenvalue weighted by atomic mass is 15.1. The van der Waals surface area contributed by atoms with Crippen molar-refractivity contribution in [2.75, 3.05) is 9.80 Å². The fourth-order valence-electron chi connectivity index (χ4n) is 6.87. The summed E-state index contributed by atoms with van der Waals surface area (Å²) in [5.41, 5.74) is 7.16. The van der Waals surface area contributed by atoms with Crippen LogP contribution >= 0.6 is 0 Å².